The normalized spacial score (nSPS) is 10.8. The fraction of sp³-hybridized carbons (Fsp3) is 0.455. The minimum Gasteiger partial charge on any atom is -0.425 e. The molecule has 2 heterocycles. The van der Waals surface area contributed by atoms with Crippen LogP contribution >= 0.6 is 11.3 Å². The summed E-state index contributed by atoms with van der Waals surface area (Å²) in [6, 6.07) is 4.23. The van der Waals surface area contributed by atoms with Crippen LogP contribution in [0.1, 0.15) is 23.1 Å². The molecule has 0 saturated carbocycles. The van der Waals surface area contributed by atoms with Crippen LogP contribution in [0.5, 0.6) is 0 Å². The summed E-state index contributed by atoms with van der Waals surface area (Å²) in [5.74, 6) is 1.37. The molecule has 0 bridgehead atoms. The summed E-state index contributed by atoms with van der Waals surface area (Å²) in [6.45, 7) is 0.552. The molecule has 0 aliphatic rings. The summed E-state index contributed by atoms with van der Waals surface area (Å²) in [4.78, 5) is 1.40. The highest BCUT2D eigenvalue weighted by atomic mass is 32.1. The first kappa shape index (κ1) is 11.3. The second-order valence-electron chi connectivity index (χ2n) is 3.56. The third kappa shape index (κ3) is 3.15. The molecule has 2 N–H and O–H groups in total. The maximum atomic E-state index is 5.44. The van der Waals surface area contributed by atoms with E-state index >= 15 is 0 Å². The van der Waals surface area contributed by atoms with Crippen molar-refractivity contribution in [3.63, 3.8) is 0 Å². The lowest BCUT2D eigenvalue weighted by Gasteiger charge is -1.94. The largest absolute Gasteiger partial charge is 0.425 e. The number of aryl methyl sites for hydroxylation is 2. The van der Waals surface area contributed by atoms with Gasteiger partial charge >= 0.3 is 0 Å². The maximum absolute atomic E-state index is 5.44. The molecule has 16 heavy (non-hydrogen) atoms. The van der Waals surface area contributed by atoms with E-state index in [-0.39, 0.29) is 0 Å². The zero-order valence-electron chi connectivity index (χ0n) is 9.06. The van der Waals surface area contributed by atoms with Crippen LogP contribution in [-0.2, 0) is 19.3 Å². The quantitative estimate of drug-likeness (QED) is 0.832. The highest BCUT2D eigenvalue weighted by Gasteiger charge is 2.05. The first-order chi connectivity index (χ1) is 7.88. The van der Waals surface area contributed by atoms with Crippen LogP contribution in [0.2, 0.25) is 0 Å². The van der Waals surface area contributed by atoms with E-state index in [9.17, 15) is 0 Å². The maximum Gasteiger partial charge on any atom is 0.217 e. The fourth-order valence-corrected chi connectivity index (χ4v) is 2.23. The van der Waals surface area contributed by atoms with Crippen LogP contribution in [0, 0.1) is 0 Å². The summed E-state index contributed by atoms with van der Waals surface area (Å²) in [5, 5.41) is 10.0. The van der Waals surface area contributed by atoms with Crippen molar-refractivity contribution < 1.29 is 4.42 Å². The SMILES string of the molecule is NCCc1nnc(CCCc2cccs2)o1. The van der Waals surface area contributed by atoms with Crippen molar-refractivity contribution >= 4 is 11.3 Å². The van der Waals surface area contributed by atoms with Gasteiger partial charge in [0.1, 0.15) is 0 Å². The van der Waals surface area contributed by atoms with E-state index in [1.807, 2.05) is 0 Å². The van der Waals surface area contributed by atoms with Gasteiger partial charge < -0.3 is 10.2 Å². The van der Waals surface area contributed by atoms with Crippen molar-refractivity contribution in [1.82, 2.24) is 10.2 Å². The Morgan fingerprint density at radius 1 is 1.19 bits per heavy atom. The smallest absolute Gasteiger partial charge is 0.217 e. The Kier molecular flexibility index (Phi) is 4.07. The summed E-state index contributed by atoms with van der Waals surface area (Å²) in [7, 11) is 0. The second kappa shape index (κ2) is 5.77. The highest BCUT2D eigenvalue weighted by Crippen LogP contribution is 2.12. The molecular formula is C11H15N3OS. The van der Waals surface area contributed by atoms with E-state index in [1.54, 1.807) is 11.3 Å². The molecule has 0 atom stereocenters. The van der Waals surface area contributed by atoms with Gasteiger partial charge in [0.05, 0.1) is 0 Å². The molecule has 86 valence electrons. The summed E-state index contributed by atoms with van der Waals surface area (Å²) < 4.78 is 5.44. The Hall–Kier alpha value is -1.20. The van der Waals surface area contributed by atoms with Crippen molar-refractivity contribution in [2.45, 2.75) is 25.7 Å². The van der Waals surface area contributed by atoms with Crippen molar-refractivity contribution in [3.8, 4) is 0 Å². The molecule has 2 rings (SSSR count). The molecule has 0 aliphatic carbocycles. The Morgan fingerprint density at radius 3 is 2.69 bits per heavy atom. The molecule has 0 unspecified atom stereocenters. The van der Waals surface area contributed by atoms with E-state index in [1.165, 1.54) is 4.88 Å². The second-order valence-corrected chi connectivity index (χ2v) is 4.59. The average Bonchev–Trinajstić information content (AvgIpc) is 2.90. The monoisotopic (exact) mass is 237 g/mol. The Labute approximate surface area is 98.5 Å². The Bertz CT molecular complexity index is 411. The predicted octanol–water partition coefficient (Wildman–Crippen LogP) is 1.81. The summed E-state index contributed by atoms with van der Waals surface area (Å²) in [5.41, 5.74) is 5.41. The predicted molar refractivity (Wildman–Crippen MR) is 63.4 cm³/mol. The van der Waals surface area contributed by atoms with Gasteiger partial charge in [-0.25, -0.2) is 0 Å². The molecule has 2 aromatic rings. The Balaban J connectivity index is 1.76. The molecule has 4 nitrogen and oxygen atoms in total. The summed E-state index contributed by atoms with van der Waals surface area (Å²) >= 11 is 1.79. The number of hydrogen-bond donors (Lipinski definition) is 1. The van der Waals surface area contributed by atoms with Crippen LogP contribution in [0.15, 0.2) is 21.9 Å². The van der Waals surface area contributed by atoms with Crippen LogP contribution in [0.25, 0.3) is 0 Å². The van der Waals surface area contributed by atoms with Gasteiger partial charge in [-0.1, -0.05) is 6.07 Å². The van der Waals surface area contributed by atoms with Crippen molar-refractivity contribution in [2.75, 3.05) is 6.54 Å². The zero-order valence-corrected chi connectivity index (χ0v) is 9.87. The lowest BCUT2D eigenvalue weighted by atomic mass is 10.2. The number of nitrogens with zero attached hydrogens (tertiary/aromatic N) is 2. The third-order valence-electron chi connectivity index (χ3n) is 2.26. The van der Waals surface area contributed by atoms with Crippen molar-refractivity contribution in [1.29, 1.82) is 0 Å². The zero-order chi connectivity index (χ0) is 11.2. The average molecular weight is 237 g/mol. The van der Waals surface area contributed by atoms with Gasteiger partial charge in [-0.15, -0.1) is 21.5 Å². The van der Waals surface area contributed by atoms with Crippen molar-refractivity contribution in [2.24, 2.45) is 5.73 Å². The minimum absolute atomic E-state index is 0.552. The van der Waals surface area contributed by atoms with Crippen LogP contribution in [0.4, 0.5) is 0 Å². The van der Waals surface area contributed by atoms with E-state index < -0.39 is 0 Å². The van der Waals surface area contributed by atoms with Gasteiger partial charge in [-0.3, -0.25) is 0 Å². The van der Waals surface area contributed by atoms with Crippen LogP contribution < -0.4 is 5.73 Å². The first-order valence-corrected chi connectivity index (χ1v) is 6.30. The molecule has 0 radical (unpaired) electrons. The van der Waals surface area contributed by atoms with Gasteiger partial charge in [-0.05, 0) is 24.3 Å². The van der Waals surface area contributed by atoms with Gasteiger partial charge in [0.2, 0.25) is 11.8 Å². The van der Waals surface area contributed by atoms with E-state index in [0.29, 0.717) is 18.9 Å². The van der Waals surface area contributed by atoms with E-state index in [0.717, 1.165) is 25.2 Å². The minimum atomic E-state index is 0.552. The first-order valence-electron chi connectivity index (χ1n) is 5.42. The number of aromatic nitrogens is 2. The van der Waals surface area contributed by atoms with E-state index in [4.69, 9.17) is 10.2 Å². The molecule has 0 spiro atoms. The molecule has 2 aromatic heterocycles. The molecule has 5 heteroatoms. The lowest BCUT2D eigenvalue weighted by molar-refractivity contribution is 0.445. The lowest BCUT2D eigenvalue weighted by Crippen LogP contribution is -2.02. The van der Waals surface area contributed by atoms with Crippen molar-refractivity contribution in [3.05, 3.63) is 34.2 Å². The number of rotatable bonds is 6. The van der Waals surface area contributed by atoms with Gasteiger partial charge in [0.15, 0.2) is 0 Å². The molecular weight excluding hydrogens is 222 g/mol. The fourth-order valence-electron chi connectivity index (χ4n) is 1.48. The van der Waals surface area contributed by atoms with E-state index in [2.05, 4.69) is 27.7 Å². The van der Waals surface area contributed by atoms with Crippen LogP contribution in [0.3, 0.4) is 0 Å². The molecule has 0 aromatic carbocycles. The Morgan fingerprint density at radius 2 is 2.00 bits per heavy atom. The molecule has 0 amide bonds. The number of thiophene rings is 1. The number of hydrogen-bond acceptors (Lipinski definition) is 5. The molecule has 0 saturated heterocycles. The van der Waals surface area contributed by atoms with Gasteiger partial charge in [0.25, 0.3) is 0 Å². The van der Waals surface area contributed by atoms with Gasteiger partial charge in [0, 0.05) is 24.3 Å². The standard InChI is InChI=1S/C11H15N3OS/c12-7-6-11-14-13-10(15-11)5-1-3-9-4-2-8-16-9/h2,4,8H,1,3,5-7,12H2. The molecule has 0 aliphatic heterocycles. The van der Waals surface area contributed by atoms with Gasteiger partial charge in [-0.2, -0.15) is 0 Å². The van der Waals surface area contributed by atoms with Crippen LogP contribution in [-0.4, -0.2) is 16.7 Å². The third-order valence-corrected chi connectivity index (χ3v) is 3.20. The topological polar surface area (TPSA) is 64.9 Å². The molecule has 0 fully saturated rings. The highest BCUT2D eigenvalue weighted by molar-refractivity contribution is 7.09. The number of nitrogens with two attached hydrogens (primary N) is 1. The summed E-state index contributed by atoms with van der Waals surface area (Å²) in [6.07, 6.45) is 3.63.